The highest BCUT2D eigenvalue weighted by Gasteiger charge is 2.19. The first-order chi connectivity index (χ1) is 6.70. The highest BCUT2D eigenvalue weighted by Crippen LogP contribution is 2.18. The topological polar surface area (TPSA) is 32.3 Å². The number of nitrogens with one attached hydrogen (secondary N) is 1. The number of thiophene rings is 1. The van der Waals surface area contributed by atoms with Crippen molar-refractivity contribution in [1.82, 2.24) is 5.32 Å². The van der Waals surface area contributed by atoms with E-state index in [2.05, 4.69) is 36.0 Å². The summed E-state index contributed by atoms with van der Waals surface area (Å²) >= 11 is 1.72. The van der Waals surface area contributed by atoms with Crippen LogP contribution in [0.4, 0.5) is 0 Å². The van der Waals surface area contributed by atoms with E-state index < -0.39 is 0 Å². The van der Waals surface area contributed by atoms with Crippen LogP contribution in [-0.2, 0) is 6.54 Å². The van der Waals surface area contributed by atoms with Gasteiger partial charge in [-0.05, 0) is 28.8 Å². The molecule has 0 saturated carbocycles. The first kappa shape index (κ1) is 11.7. The normalized spacial score (nSPS) is 15.4. The van der Waals surface area contributed by atoms with Gasteiger partial charge in [0.1, 0.15) is 0 Å². The smallest absolute Gasteiger partial charge is 0.0496 e. The molecule has 1 rings (SSSR count). The van der Waals surface area contributed by atoms with Gasteiger partial charge in [-0.3, -0.25) is 0 Å². The molecule has 1 aromatic rings. The van der Waals surface area contributed by atoms with Gasteiger partial charge >= 0.3 is 0 Å². The van der Waals surface area contributed by atoms with Crippen LogP contribution in [0.2, 0.25) is 0 Å². The number of aliphatic hydroxyl groups excluding tert-OH is 1. The lowest BCUT2D eigenvalue weighted by Gasteiger charge is -2.25. The number of hydrogen-bond donors (Lipinski definition) is 2. The van der Waals surface area contributed by atoms with Crippen LogP contribution in [-0.4, -0.2) is 18.3 Å². The SMILES string of the molecule is CCC(C)(CO)CNCc1ccsc1. The summed E-state index contributed by atoms with van der Waals surface area (Å²) in [5, 5.41) is 16.8. The predicted octanol–water partition coefficient (Wildman–Crippen LogP) is 2.25. The van der Waals surface area contributed by atoms with Gasteiger partial charge in [-0.25, -0.2) is 0 Å². The Morgan fingerprint density at radius 1 is 1.57 bits per heavy atom. The molecule has 0 aromatic carbocycles. The predicted molar refractivity (Wildman–Crippen MR) is 61.5 cm³/mol. The zero-order valence-electron chi connectivity index (χ0n) is 8.92. The molecule has 2 nitrogen and oxygen atoms in total. The highest BCUT2D eigenvalue weighted by molar-refractivity contribution is 7.07. The van der Waals surface area contributed by atoms with Gasteiger partial charge in [0, 0.05) is 25.1 Å². The largest absolute Gasteiger partial charge is 0.396 e. The van der Waals surface area contributed by atoms with Crippen molar-refractivity contribution >= 4 is 11.3 Å². The van der Waals surface area contributed by atoms with E-state index in [0.29, 0.717) is 0 Å². The molecule has 1 aromatic heterocycles. The first-order valence-corrected chi connectivity index (χ1v) is 5.97. The molecule has 1 heterocycles. The maximum atomic E-state index is 9.20. The molecule has 2 N–H and O–H groups in total. The maximum Gasteiger partial charge on any atom is 0.0496 e. The van der Waals surface area contributed by atoms with Gasteiger partial charge < -0.3 is 10.4 Å². The third-order valence-electron chi connectivity index (χ3n) is 2.70. The van der Waals surface area contributed by atoms with E-state index in [1.807, 2.05) is 0 Å². The molecule has 0 aliphatic rings. The molecular formula is C11H19NOS. The van der Waals surface area contributed by atoms with E-state index in [1.54, 1.807) is 11.3 Å². The van der Waals surface area contributed by atoms with Crippen LogP contribution >= 0.6 is 11.3 Å². The summed E-state index contributed by atoms with van der Waals surface area (Å²) in [6.45, 7) is 6.24. The minimum absolute atomic E-state index is 0.0238. The van der Waals surface area contributed by atoms with Crippen molar-refractivity contribution in [2.24, 2.45) is 5.41 Å². The summed E-state index contributed by atoms with van der Waals surface area (Å²) in [7, 11) is 0. The molecular weight excluding hydrogens is 194 g/mol. The molecule has 3 heteroatoms. The van der Waals surface area contributed by atoms with E-state index in [0.717, 1.165) is 19.5 Å². The number of hydrogen-bond acceptors (Lipinski definition) is 3. The second kappa shape index (κ2) is 5.49. The molecule has 1 unspecified atom stereocenters. The zero-order valence-corrected chi connectivity index (χ0v) is 9.73. The molecule has 1 atom stereocenters. The van der Waals surface area contributed by atoms with Crippen molar-refractivity contribution in [3.05, 3.63) is 22.4 Å². The maximum absolute atomic E-state index is 9.20. The van der Waals surface area contributed by atoms with Gasteiger partial charge in [0.25, 0.3) is 0 Å². The molecule has 80 valence electrons. The van der Waals surface area contributed by atoms with Gasteiger partial charge in [0.2, 0.25) is 0 Å². The lowest BCUT2D eigenvalue weighted by atomic mass is 9.88. The molecule has 0 saturated heterocycles. The third-order valence-corrected chi connectivity index (χ3v) is 3.43. The summed E-state index contributed by atoms with van der Waals surface area (Å²) in [6, 6.07) is 2.12. The van der Waals surface area contributed by atoms with Crippen LogP contribution < -0.4 is 5.32 Å². The molecule has 0 amide bonds. The Balaban J connectivity index is 2.27. The fourth-order valence-corrected chi connectivity index (χ4v) is 1.86. The van der Waals surface area contributed by atoms with Crippen molar-refractivity contribution < 1.29 is 5.11 Å². The fraction of sp³-hybridized carbons (Fsp3) is 0.636. The molecule has 0 radical (unpaired) electrons. The van der Waals surface area contributed by atoms with Gasteiger partial charge in [-0.15, -0.1) is 0 Å². The van der Waals surface area contributed by atoms with Crippen LogP contribution in [0.1, 0.15) is 25.8 Å². The minimum Gasteiger partial charge on any atom is -0.396 e. The summed E-state index contributed by atoms with van der Waals surface area (Å²) in [6.07, 6.45) is 1.00. The Morgan fingerprint density at radius 2 is 2.36 bits per heavy atom. The Morgan fingerprint density at radius 3 is 2.86 bits per heavy atom. The molecule has 14 heavy (non-hydrogen) atoms. The molecule has 0 fully saturated rings. The quantitative estimate of drug-likeness (QED) is 0.759. The highest BCUT2D eigenvalue weighted by atomic mass is 32.1. The summed E-state index contributed by atoms with van der Waals surface area (Å²) in [4.78, 5) is 0. The minimum atomic E-state index is 0.0238. The van der Waals surface area contributed by atoms with Crippen LogP contribution in [0.15, 0.2) is 16.8 Å². The van der Waals surface area contributed by atoms with Gasteiger partial charge in [0.15, 0.2) is 0 Å². The van der Waals surface area contributed by atoms with E-state index in [1.165, 1.54) is 5.56 Å². The van der Waals surface area contributed by atoms with E-state index in [4.69, 9.17) is 0 Å². The summed E-state index contributed by atoms with van der Waals surface area (Å²) in [5.41, 5.74) is 1.35. The number of aliphatic hydroxyl groups is 1. The monoisotopic (exact) mass is 213 g/mol. The molecule has 0 spiro atoms. The van der Waals surface area contributed by atoms with E-state index in [-0.39, 0.29) is 12.0 Å². The summed E-state index contributed by atoms with van der Waals surface area (Å²) in [5.74, 6) is 0. The van der Waals surface area contributed by atoms with Gasteiger partial charge in [0.05, 0.1) is 0 Å². The first-order valence-electron chi connectivity index (χ1n) is 5.03. The van der Waals surface area contributed by atoms with Crippen molar-refractivity contribution in [3.63, 3.8) is 0 Å². The van der Waals surface area contributed by atoms with Crippen molar-refractivity contribution in [2.45, 2.75) is 26.8 Å². The van der Waals surface area contributed by atoms with Crippen molar-refractivity contribution in [2.75, 3.05) is 13.2 Å². The van der Waals surface area contributed by atoms with Crippen molar-refractivity contribution in [1.29, 1.82) is 0 Å². The van der Waals surface area contributed by atoms with Crippen molar-refractivity contribution in [3.8, 4) is 0 Å². The average molecular weight is 213 g/mol. The Labute approximate surface area is 90.0 Å². The Kier molecular flexibility index (Phi) is 4.58. The van der Waals surface area contributed by atoms with Crippen LogP contribution in [0.3, 0.4) is 0 Å². The van der Waals surface area contributed by atoms with Gasteiger partial charge in [-0.1, -0.05) is 13.8 Å². The number of rotatable bonds is 6. The van der Waals surface area contributed by atoms with Crippen LogP contribution in [0.5, 0.6) is 0 Å². The van der Waals surface area contributed by atoms with Crippen LogP contribution in [0, 0.1) is 5.41 Å². The Hall–Kier alpha value is -0.380. The standard InChI is InChI=1S/C11H19NOS/c1-3-11(2,9-13)8-12-6-10-4-5-14-7-10/h4-5,7,12-13H,3,6,8-9H2,1-2H3. The fourth-order valence-electron chi connectivity index (χ4n) is 1.19. The van der Waals surface area contributed by atoms with E-state index in [9.17, 15) is 5.11 Å². The lowest BCUT2D eigenvalue weighted by Crippen LogP contribution is -2.33. The second-order valence-electron chi connectivity index (χ2n) is 4.06. The summed E-state index contributed by atoms with van der Waals surface area (Å²) < 4.78 is 0. The van der Waals surface area contributed by atoms with E-state index >= 15 is 0 Å². The molecule has 0 aliphatic heterocycles. The third kappa shape index (κ3) is 3.40. The molecule has 0 bridgehead atoms. The molecule has 0 aliphatic carbocycles. The Bertz CT molecular complexity index is 242. The zero-order chi connectivity index (χ0) is 10.4. The average Bonchev–Trinajstić information content (AvgIpc) is 2.70. The lowest BCUT2D eigenvalue weighted by molar-refractivity contribution is 0.135. The second-order valence-corrected chi connectivity index (χ2v) is 4.84. The van der Waals surface area contributed by atoms with Gasteiger partial charge in [-0.2, -0.15) is 11.3 Å². The van der Waals surface area contributed by atoms with Crippen LogP contribution in [0.25, 0.3) is 0 Å².